The van der Waals surface area contributed by atoms with Crippen LogP contribution in [0.3, 0.4) is 0 Å². The van der Waals surface area contributed by atoms with Gasteiger partial charge >= 0.3 is 0 Å². The molecule has 0 aromatic carbocycles. The summed E-state index contributed by atoms with van der Waals surface area (Å²) in [5, 5.41) is 0. The van der Waals surface area contributed by atoms with E-state index < -0.39 is 0 Å². The topological polar surface area (TPSA) is 0 Å². The van der Waals surface area contributed by atoms with Gasteiger partial charge in [0.15, 0.2) is 0 Å². The van der Waals surface area contributed by atoms with Crippen LogP contribution in [-0.2, 0) is 20.1 Å². The van der Waals surface area contributed by atoms with E-state index in [1.807, 2.05) is 0 Å². The molecule has 2 rings (SSSR count). The molecule has 2 aliphatic carbocycles. The largest absolute Gasteiger partial charge is 0.0658 e. The predicted octanol–water partition coefficient (Wildman–Crippen LogP) is 2.03. The number of hydrogen-bond acceptors (Lipinski definition) is 0. The van der Waals surface area contributed by atoms with Gasteiger partial charge in [-0.3, -0.25) is 0 Å². The van der Waals surface area contributed by atoms with E-state index in [1.54, 1.807) is 11.1 Å². The van der Waals surface area contributed by atoms with Crippen LogP contribution >= 0.6 is 0 Å². The van der Waals surface area contributed by atoms with Gasteiger partial charge in [-0.15, -0.1) is 0 Å². The second kappa shape index (κ2) is 2.16. The van der Waals surface area contributed by atoms with Gasteiger partial charge in [-0.2, -0.15) is 0 Å². The van der Waals surface area contributed by atoms with E-state index in [9.17, 15) is 0 Å². The molecule has 8 heavy (non-hydrogen) atoms. The molecular weight excluding hydrogens is 276 g/mol. The van der Waals surface area contributed by atoms with E-state index in [2.05, 4.69) is 12.2 Å². The summed E-state index contributed by atoms with van der Waals surface area (Å²) in [4.78, 5) is 0. The molecule has 0 N–H and O–H groups in total. The van der Waals surface area contributed by atoms with Crippen LogP contribution in [0.5, 0.6) is 0 Å². The van der Waals surface area contributed by atoms with E-state index in [1.165, 1.54) is 19.3 Å². The summed E-state index contributed by atoms with van der Waals surface area (Å²) in [7, 11) is 0. The van der Waals surface area contributed by atoms with Crippen molar-refractivity contribution in [2.75, 3.05) is 0 Å². The van der Waals surface area contributed by atoms with Gasteiger partial charge in [0, 0.05) is 20.1 Å². The maximum Gasteiger partial charge on any atom is 0 e. The quantitative estimate of drug-likeness (QED) is 0.638. The van der Waals surface area contributed by atoms with Crippen LogP contribution in [-0.4, -0.2) is 0 Å². The average molecular weight is 284 g/mol. The molecule has 2 aliphatic rings. The van der Waals surface area contributed by atoms with E-state index in [-0.39, 0.29) is 20.1 Å². The Balaban J connectivity index is 0.000000320. The Morgan fingerprint density at radius 3 is 1.62 bits per heavy atom. The average Bonchev–Trinajstić information content (AvgIpc) is 2.22. The molecule has 0 nitrogen and oxygen atoms in total. The van der Waals surface area contributed by atoms with Crippen LogP contribution in [0.15, 0.2) is 23.3 Å². The number of fused-ring (bicyclic) bond motifs is 2. The van der Waals surface area contributed by atoms with Gasteiger partial charge < -0.3 is 0 Å². The van der Waals surface area contributed by atoms with Crippen LogP contribution in [0.25, 0.3) is 0 Å². The molecule has 1 radical (unpaired) electrons. The first-order valence-corrected chi connectivity index (χ1v) is 2.82. The van der Waals surface area contributed by atoms with Gasteiger partial charge in [-0.1, -0.05) is 23.3 Å². The molecule has 45 valence electrons. The Bertz CT molecular complexity index is 136. The normalized spacial score (nSPS) is 22.0. The van der Waals surface area contributed by atoms with E-state index in [0.29, 0.717) is 0 Å². The molecule has 1 fully saturated rings. The zero-order valence-electron chi connectivity index (χ0n) is 4.61. The minimum absolute atomic E-state index is 0. The van der Waals surface area contributed by atoms with Gasteiger partial charge in [-0.05, 0) is 19.3 Å². The Hall–Kier alpha value is 0.129. The zero-order chi connectivity index (χ0) is 4.69. The van der Waals surface area contributed by atoms with Gasteiger partial charge in [0.05, 0.1) is 0 Å². The summed E-state index contributed by atoms with van der Waals surface area (Å²) in [6, 6.07) is 0. The van der Waals surface area contributed by atoms with Gasteiger partial charge in [0.1, 0.15) is 0 Å². The Morgan fingerprint density at radius 1 is 1.00 bits per heavy atom. The molecule has 0 amide bonds. The van der Waals surface area contributed by atoms with E-state index in [4.69, 9.17) is 0 Å². The van der Waals surface area contributed by atoms with Crippen LogP contribution < -0.4 is 0 Å². The van der Waals surface area contributed by atoms with E-state index >= 15 is 0 Å². The molecule has 0 heterocycles. The monoisotopic (exact) mass is 285 g/mol. The molecule has 0 aliphatic heterocycles. The summed E-state index contributed by atoms with van der Waals surface area (Å²) in [6.45, 7) is 0. The van der Waals surface area contributed by atoms with Crippen LogP contribution in [0, 0.1) is 0 Å². The van der Waals surface area contributed by atoms with Gasteiger partial charge in [-0.25, -0.2) is 0 Å². The van der Waals surface area contributed by atoms with Gasteiger partial charge in [0.2, 0.25) is 0 Å². The van der Waals surface area contributed by atoms with Crippen molar-refractivity contribution < 1.29 is 20.1 Å². The Kier molecular flexibility index (Phi) is 1.69. The molecule has 0 saturated heterocycles. The zero-order valence-corrected chi connectivity index (χ0v) is 7.00. The molecule has 0 aromatic heterocycles. The molecule has 1 heteroatoms. The third-order valence-electron chi connectivity index (χ3n) is 1.78. The summed E-state index contributed by atoms with van der Waals surface area (Å²) in [5.41, 5.74) is 3.30. The fourth-order valence-corrected chi connectivity index (χ4v) is 1.31. The van der Waals surface area contributed by atoms with Crippen molar-refractivity contribution in [1.29, 1.82) is 0 Å². The van der Waals surface area contributed by atoms with Crippen molar-refractivity contribution in [3.05, 3.63) is 23.3 Å². The third kappa shape index (κ3) is 0.808. The first-order valence-electron chi connectivity index (χ1n) is 2.82. The van der Waals surface area contributed by atoms with E-state index in [0.717, 1.165) is 0 Å². The first-order chi connectivity index (χ1) is 3.45. The number of hydrogen-bond donors (Lipinski definition) is 0. The predicted molar refractivity (Wildman–Crippen MR) is 30.0 cm³/mol. The molecule has 0 unspecified atom stereocenters. The molecule has 0 spiro atoms. The molecule has 0 aromatic rings. The second-order valence-electron chi connectivity index (χ2n) is 2.33. The molecule has 0 atom stereocenters. The van der Waals surface area contributed by atoms with Crippen LogP contribution in [0.4, 0.5) is 0 Å². The van der Waals surface area contributed by atoms with Crippen molar-refractivity contribution in [3.8, 4) is 0 Å². The van der Waals surface area contributed by atoms with Crippen LogP contribution in [0.1, 0.15) is 19.3 Å². The van der Waals surface area contributed by atoms with Crippen LogP contribution in [0.2, 0.25) is 0 Å². The third-order valence-corrected chi connectivity index (χ3v) is 1.78. The fraction of sp³-hybridized carbons (Fsp3) is 0.429. The SMILES string of the molecule is C1=C2CCC(=C1)C2.[Ir]. The molecule has 1 saturated carbocycles. The standard InChI is InChI=1S/C7H8.Ir/c1-2-7-4-3-6(1)5-7;/h1-2H,3-5H2;. The Labute approximate surface area is 63.0 Å². The number of allylic oxidation sites excluding steroid dienone is 4. The summed E-state index contributed by atoms with van der Waals surface area (Å²) in [6.07, 6.45) is 8.54. The van der Waals surface area contributed by atoms with Crippen molar-refractivity contribution in [2.45, 2.75) is 19.3 Å². The van der Waals surface area contributed by atoms with Gasteiger partial charge in [0.25, 0.3) is 0 Å². The fourth-order valence-electron chi connectivity index (χ4n) is 1.31. The summed E-state index contributed by atoms with van der Waals surface area (Å²) in [5.74, 6) is 0. The van der Waals surface area contributed by atoms with Crippen molar-refractivity contribution in [2.24, 2.45) is 0 Å². The Morgan fingerprint density at radius 2 is 1.50 bits per heavy atom. The van der Waals surface area contributed by atoms with Crippen molar-refractivity contribution in [3.63, 3.8) is 0 Å². The maximum atomic E-state index is 2.26. The first kappa shape index (κ1) is 6.25. The maximum absolute atomic E-state index is 2.26. The summed E-state index contributed by atoms with van der Waals surface area (Å²) >= 11 is 0. The second-order valence-corrected chi connectivity index (χ2v) is 2.33. The number of rotatable bonds is 0. The van der Waals surface area contributed by atoms with Crippen molar-refractivity contribution >= 4 is 0 Å². The minimum atomic E-state index is 0. The molecule has 2 bridgehead atoms. The smallest absolute Gasteiger partial charge is 0 e. The molecular formula is C7H8Ir. The van der Waals surface area contributed by atoms with Crippen molar-refractivity contribution in [1.82, 2.24) is 0 Å². The summed E-state index contributed by atoms with van der Waals surface area (Å²) < 4.78 is 0. The minimum Gasteiger partial charge on any atom is -0.0658 e.